The lowest BCUT2D eigenvalue weighted by atomic mass is 10.1. The third-order valence-corrected chi connectivity index (χ3v) is 3.11. The van der Waals surface area contributed by atoms with Crippen molar-refractivity contribution in [2.45, 2.75) is 17.9 Å². The van der Waals surface area contributed by atoms with E-state index < -0.39 is 0 Å². The molecule has 0 amide bonds. The number of nitrogens with two attached hydrogens (primary N) is 1. The molecule has 0 saturated heterocycles. The van der Waals surface area contributed by atoms with Crippen LogP contribution in [0.5, 0.6) is 0 Å². The number of esters is 1. The minimum atomic E-state index is -0.329. The van der Waals surface area contributed by atoms with E-state index in [1.54, 1.807) is 0 Å². The van der Waals surface area contributed by atoms with Crippen molar-refractivity contribution >= 4 is 21.9 Å². The van der Waals surface area contributed by atoms with Crippen molar-refractivity contribution in [2.75, 3.05) is 6.54 Å². The van der Waals surface area contributed by atoms with E-state index in [0.717, 1.165) is 5.56 Å². The first-order valence-electron chi connectivity index (χ1n) is 4.71. The molecule has 0 radical (unpaired) electrons. The maximum absolute atomic E-state index is 10.9. The summed E-state index contributed by atoms with van der Waals surface area (Å²) in [5.74, 6) is -0.314. The number of rotatable bonds is 4. The van der Waals surface area contributed by atoms with E-state index in [4.69, 9.17) is 10.5 Å². The molecule has 1 aromatic rings. The Balaban J connectivity index is 2.73. The van der Waals surface area contributed by atoms with Crippen LogP contribution in [0.25, 0.3) is 0 Å². The summed E-state index contributed by atoms with van der Waals surface area (Å²) in [5.41, 5.74) is 6.60. The maximum Gasteiger partial charge on any atom is 0.302 e. The Labute approximate surface area is 97.7 Å². The monoisotopic (exact) mass is 271 g/mol. The van der Waals surface area contributed by atoms with E-state index in [0.29, 0.717) is 6.54 Å². The highest BCUT2D eigenvalue weighted by Crippen LogP contribution is 2.27. The quantitative estimate of drug-likeness (QED) is 0.673. The highest BCUT2D eigenvalue weighted by Gasteiger charge is 2.21. The fraction of sp³-hybridized carbons (Fsp3) is 0.364. The number of ether oxygens (including phenoxy) is 1. The van der Waals surface area contributed by atoms with Crippen LogP contribution in [0.1, 0.15) is 17.3 Å². The highest BCUT2D eigenvalue weighted by molar-refractivity contribution is 9.09. The zero-order valence-corrected chi connectivity index (χ0v) is 10.1. The number of benzene rings is 1. The van der Waals surface area contributed by atoms with E-state index >= 15 is 0 Å². The summed E-state index contributed by atoms with van der Waals surface area (Å²) < 4.78 is 5.10. The Bertz CT molecular complexity index is 316. The molecule has 0 fully saturated rings. The van der Waals surface area contributed by atoms with E-state index in [1.165, 1.54) is 6.92 Å². The van der Waals surface area contributed by atoms with Crippen LogP contribution in [0.4, 0.5) is 0 Å². The van der Waals surface area contributed by atoms with E-state index in [-0.39, 0.29) is 16.9 Å². The van der Waals surface area contributed by atoms with Crippen LogP contribution in [0.3, 0.4) is 0 Å². The number of halogens is 1. The largest absolute Gasteiger partial charge is 0.460 e. The van der Waals surface area contributed by atoms with Gasteiger partial charge >= 0.3 is 5.97 Å². The molecule has 0 aliphatic rings. The van der Waals surface area contributed by atoms with Gasteiger partial charge in [-0.3, -0.25) is 4.79 Å². The third-order valence-electron chi connectivity index (χ3n) is 1.99. The van der Waals surface area contributed by atoms with Gasteiger partial charge in [-0.2, -0.15) is 0 Å². The second kappa shape index (κ2) is 5.88. The number of alkyl halides is 1. The summed E-state index contributed by atoms with van der Waals surface area (Å²) in [5, 5.41) is 0. The smallest absolute Gasteiger partial charge is 0.302 e. The molecule has 1 rings (SSSR count). The van der Waals surface area contributed by atoms with Crippen LogP contribution >= 0.6 is 15.9 Å². The molecule has 15 heavy (non-hydrogen) atoms. The number of carbonyl (C=O) groups excluding carboxylic acids is 1. The van der Waals surface area contributed by atoms with Gasteiger partial charge in [0.05, 0.1) is 4.83 Å². The second-order valence-corrected chi connectivity index (χ2v) is 4.18. The zero-order chi connectivity index (χ0) is 11.3. The molecule has 0 bridgehead atoms. The number of hydrogen-bond acceptors (Lipinski definition) is 3. The Morgan fingerprint density at radius 2 is 2.07 bits per heavy atom. The van der Waals surface area contributed by atoms with Crippen molar-refractivity contribution < 1.29 is 9.53 Å². The SMILES string of the molecule is CC(=O)OC(CN)C(Br)c1ccccc1. The summed E-state index contributed by atoms with van der Waals surface area (Å²) in [6, 6.07) is 9.74. The highest BCUT2D eigenvalue weighted by atomic mass is 79.9. The second-order valence-electron chi connectivity index (χ2n) is 3.20. The molecular weight excluding hydrogens is 258 g/mol. The predicted octanol–water partition coefficient (Wildman–Crippen LogP) is 2.01. The van der Waals surface area contributed by atoms with Crippen molar-refractivity contribution in [1.82, 2.24) is 0 Å². The van der Waals surface area contributed by atoms with Crippen molar-refractivity contribution in [3.63, 3.8) is 0 Å². The van der Waals surface area contributed by atoms with Crippen molar-refractivity contribution in [3.8, 4) is 0 Å². The van der Waals surface area contributed by atoms with Gasteiger partial charge in [-0.25, -0.2) is 0 Å². The predicted molar refractivity (Wildman–Crippen MR) is 62.7 cm³/mol. The average molecular weight is 272 g/mol. The lowest BCUT2D eigenvalue weighted by Gasteiger charge is -2.20. The van der Waals surface area contributed by atoms with Gasteiger partial charge in [-0.1, -0.05) is 46.3 Å². The molecule has 2 unspecified atom stereocenters. The molecule has 0 saturated carbocycles. The Morgan fingerprint density at radius 3 is 2.53 bits per heavy atom. The summed E-state index contributed by atoms with van der Waals surface area (Å²) in [6.45, 7) is 1.68. The molecule has 3 nitrogen and oxygen atoms in total. The first-order chi connectivity index (χ1) is 7.15. The normalized spacial score (nSPS) is 14.3. The summed E-state index contributed by atoms with van der Waals surface area (Å²) in [6.07, 6.45) is -0.329. The molecule has 82 valence electrons. The van der Waals surface area contributed by atoms with Gasteiger partial charge in [0.2, 0.25) is 0 Å². The lowest BCUT2D eigenvalue weighted by molar-refractivity contribution is -0.145. The Hall–Kier alpha value is -0.870. The van der Waals surface area contributed by atoms with Crippen LogP contribution < -0.4 is 5.73 Å². The molecule has 0 spiro atoms. The third kappa shape index (κ3) is 3.64. The number of hydrogen-bond donors (Lipinski definition) is 1. The fourth-order valence-corrected chi connectivity index (χ4v) is 1.92. The standard InChI is InChI=1S/C11H14BrNO2/c1-8(14)15-10(7-13)11(12)9-5-3-2-4-6-9/h2-6,10-11H,7,13H2,1H3. The zero-order valence-electron chi connectivity index (χ0n) is 8.52. The van der Waals surface area contributed by atoms with Gasteiger partial charge < -0.3 is 10.5 Å². The van der Waals surface area contributed by atoms with Gasteiger partial charge in [0.15, 0.2) is 0 Å². The van der Waals surface area contributed by atoms with Crippen LogP contribution in [0.15, 0.2) is 30.3 Å². The maximum atomic E-state index is 10.9. The van der Waals surface area contributed by atoms with Crippen molar-refractivity contribution in [1.29, 1.82) is 0 Å². The van der Waals surface area contributed by atoms with E-state index in [9.17, 15) is 4.79 Å². The van der Waals surface area contributed by atoms with Gasteiger partial charge in [-0.05, 0) is 5.56 Å². The Morgan fingerprint density at radius 1 is 1.47 bits per heavy atom. The van der Waals surface area contributed by atoms with E-state index in [2.05, 4.69) is 15.9 Å². The molecule has 4 heteroatoms. The molecule has 0 heterocycles. The van der Waals surface area contributed by atoms with E-state index in [1.807, 2.05) is 30.3 Å². The summed E-state index contributed by atoms with van der Waals surface area (Å²) >= 11 is 3.48. The van der Waals surface area contributed by atoms with Crippen molar-refractivity contribution in [3.05, 3.63) is 35.9 Å². The first kappa shape index (κ1) is 12.2. The van der Waals surface area contributed by atoms with Crippen molar-refractivity contribution in [2.24, 2.45) is 5.73 Å². The molecular formula is C11H14BrNO2. The summed E-state index contributed by atoms with van der Waals surface area (Å²) in [7, 11) is 0. The first-order valence-corrected chi connectivity index (χ1v) is 5.63. The molecule has 2 N–H and O–H groups in total. The molecule has 0 aliphatic carbocycles. The van der Waals surface area contributed by atoms with Gasteiger partial charge in [0.25, 0.3) is 0 Å². The van der Waals surface area contributed by atoms with Gasteiger partial charge in [0, 0.05) is 13.5 Å². The lowest BCUT2D eigenvalue weighted by Crippen LogP contribution is -2.29. The van der Waals surface area contributed by atoms with Gasteiger partial charge in [-0.15, -0.1) is 0 Å². The number of carbonyl (C=O) groups is 1. The molecule has 0 aliphatic heterocycles. The Kier molecular flexibility index (Phi) is 4.78. The van der Waals surface area contributed by atoms with Crippen LogP contribution in [0.2, 0.25) is 0 Å². The summed E-state index contributed by atoms with van der Waals surface area (Å²) in [4.78, 5) is 10.8. The molecule has 0 aromatic heterocycles. The fourth-order valence-electron chi connectivity index (χ4n) is 1.29. The average Bonchev–Trinajstić information content (AvgIpc) is 2.26. The minimum Gasteiger partial charge on any atom is -0.460 e. The minimum absolute atomic E-state index is 0.0624. The van der Waals surface area contributed by atoms with Gasteiger partial charge in [0.1, 0.15) is 6.10 Å². The van der Waals surface area contributed by atoms with Crippen LogP contribution in [-0.2, 0) is 9.53 Å². The molecule has 2 atom stereocenters. The van der Waals surface area contributed by atoms with Crippen LogP contribution in [-0.4, -0.2) is 18.6 Å². The molecule has 1 aromatic carbocycles. The van der Waals surface area contributed by atoms with Crippen LogP contribution in [0, 0.1) is 0 Å². The topological polar surface area (TPSA) is 52.3 Å².